The molecule has 0 spiro atoms. The average molecular weight is 446 g/mol. The van der Waals surface area contributed by atoms with E-state index in [1.165, 1.54) is 10.6 Å². The molecule has 2 aliphatic heterocycles. The zero-order chi connectivity index (χ0) is 22.3. The van der Waals surface area contributed by atoms with E-state index >= 15 is 0 Å². The zero-order valence-corrected chi connectivity index (χ0v) is 18.5. The van der Waals surface area contributed by atoms with E-state index < -0.39 is 27.8 Å². The van der Waals surface area contributed by atoms with Gasteiger partial charge in [-0.05, 0) is 25.7 Å². The minimum absolute atomic E-state index is 0.0868. The van der Waals surface area contributed by atoms with Gasteiger partial charge in [-0.2, -0.15) is 4.98 Å². The average Bonchev–Trinajstić information content (AvgIpc) is 2.63. The number of carbonyl (C=O) groups excluding carboxylic acids is 1. The Morgan fingerprint density at radius 2 is 1.90 bits per heavy atom. The van der Waals surface area contributed by atoms with Gasteiger partial charge in [0.2, 0.25) is 28.3 Å². The number of fused-ring (bicyclic) bond motifs is 1. The van der Waals surface area contributed by atoms with Crippen molar-refractivity contribution in [1.29, 1.82) is 0 Å². The van der Waals surface area contributed by atoms with Gasteiger partial charge in [-0.15, -0.1) is 0 Å². The summed E-state index contributed by atoms with van der Waals surface area (Å²) >= 11 is 0. The molecule has 0 aromatic carbocycles. The van der Waals surface area contributed by atoms with Gasteiger partial charge in [0.25, 0.3) is 0 Å². The SMILES string of the molecule is CCC(c1nc(NC2CCN(S(C)(=O)=O)CC2)nc2c1CC(C)(C)C(=O)N2)C(F)F. The molecular formula is C19H29F2N5O3S. The molecule has 1 amide bonds. The van der Waals surface area contributed by atoms with Gasteiger partial charge >= 0.3 is 0 Å². The normalized spacial score (nSPS) is 21.2. The molecule has 168 valence electrons. The molecule has 0 saturated carbocycles. The first kappa shape index (κ1) is 22.8. The van der Waals surface area contributed by atoms with E-state index in [-0.39, 0.29) is 35.8 Å². The molecule has 0 radical (unpaired) electrons. The number of nitrogens with zero attached hydrogens (tertiary/aromatic N) is 3. The molecule has 11 heteroatoms. The summed E-state index contributed by atoms with van der Waals surface area (Å²) in [5, 5.41) is 5.91. The number of anilines is 2. The quantitative estimate of drug-likeness (QED) is 0.698. The van der Waals surface area contributed by atoms with Crippen molar-refractivity contribution in [1.82, 2.24) is 14.3 Å². The number of aromatic nitrogens is 2. The van der Waals surface area contributed by atoms with Crippen molar-refractivity contribution in [2.75, 3.05) is 30.0 Å². The smallest absolute Gasteiger partial charge is 0.246 e. The standard InChI is InChI=1S/C19H29F2N5O3S/c1-5-12(15(20)21)14-13-10-19(2,3)17(27)24-16(13)25-18(23-14)22-11-6-8-26(9-7-11)30(4,28)29/h11-12,15H,5-10H2,1-4H3,(H2,22,23,24,25,27). The minimum atomic E-state index is -3.24. The summed E-state index contributed by atoms with van der Waals surface area (Å²) in [6.45, 7) is 5.95. The van der Waals surface area contributed by atoms with Crippen LogP contribution in [0.4, 0.5) is 20.5 Å². The number of alkyl halides is 2. The molecule has 8 nitrogen and oxygen atoms in total. The maximum absolute atomic E-state index is 13.7. The summed E-state index contributed by atoms with van der Waals surface area (Å²) in [6, 6.07) is -0.0868. The number of hydrogen-bond acceptors (Lipinski definition) is 6. The minimum Gasteiger partial charge on any atom is -0.351 e. The van der Waals surface area contributed by atoms with E-state index in [2.05, 4.69) is 20.6 Å². The first-order chi connectivity index (χ1) is 13.9. The second-order valence-electron chi connectivity index (χ2n) is 8.70. The van der Waals surface area contributed by atoms with Crippen LogP contribution in [0.15, 0.2) is 0 Å². The Morgan fingerprint density at radius 1 is 1.27 bits per heavy atom. The highest BCUT2D eigenvalue weighted by Crippen LogP contribution is 2.39. The number of rotatable bonds is 6. The molecule has 1 aromatic rings. The van der Waals surface area contributed by atoms with Crippen LogP contribution >= 0.6 is 0 Å². The third kappa shape index (κ3) is 4.72. The van der Waals surface area contributed by atoms with E-state index in [0.29, 0.717) is 37.9 Å². The van der Waals surface area contributed by atoms with Gasteiger partial charge in [-0.3, -0.25) is 4.79 Å². The maximum atomic E-state index is 13.7. The number of carbonyl (C=O) groups is 1. The third-order valence-electron chi connectivity index (χ3n) is 5.86. The van der Waals surface area contributed by atoms with Crippen LogP contribution in [0.3, 0.4) is 0 Å². The number of sulfonamides is 1. The Morgan fingerprint density at radius 3 is 2.43 bits per heavy atom. The fraction of sp³-hybridized carbons (Fsp3) is 0.737. The highest BCUT2D eigenvalue weighted by molar-refractivity contribution is 7.88. The first-order valence-electron chi connectivity index (χ1n) is 10.1. The fourth-order valence-corrected chi connectivity index (χ4v) is 4.83. The molecule has 1 atom stereocenters. The molecule has 1 saturated heterocycles. The second kappa shape index (κ2) is 8.33. The molecule has 0 bridgehead atoms. The van der Waals surface area contributed by atoms with E-state index in [9.17, 15) is 22.0 Å². The van der Waals surface area contributed by atoms with Crippen LogP contribution in [0, 0.1) is 5.41 Å². The topological polar surface area (TPSA) is 104 Å². The molecule has 1 fully saturated rings. The van der Waals surface area contributed by atoms with Gasteiger partial charge in [0.05, 0.1) is 17.9 Å². The lowest BCUT2D eigenvalue weighted by Crippen LogP contribution is -2.42. The number of halogens is 2. The maximum Gasteiger partial charge on any atom is 0.246 e. The van der Waals surface area contributed by atoms with Crippen LogP contribution in [0.5, 0.6) is 0 Å². The molecule has 3 rings (SSSR count). The van der Waals surface area contributed by atoms with Gasteiger partial charge in [-0.1, -0.05) is 20.8 Å². The van der Waals surface area contributed by atoms with Crippen molar-refractivity contribution in [2.45, 2.75) is 64.8 Å². The van der Waals surface area contributed by atoms with Crippen LogP contribution in [-0.2, 0) is 21.2 Å². The van der Waals surface area contributed by atoms with Gasteiger partial charge in [0, 0.05) is 30.1 Å². The van der Waals surface area contributed by atoms with Crippen LogP contribution in [0.2, 0.25) is 0 Å². The number of amides is 1. The Labute approximate surface area is 175 Å². The van der Waals surface area contributed by atoms with Crippen molar-refractivity contribution < 1.29 is 22.0 Å². The van der Waals surface area contributed by atoms with Crippen molar-refractivity contribution >= 4 is 27.7 Å². The highest BCUT2D eigenvalue weighted by atomic mass is 32.2. The predicted octanol–water partition coefficient (Wildman–Crippen LogP) is 2.59. The van der Waals surface area contributed by atoms with Crippen molar-refractivity contribution in [2.24, 2.45) is 5.41 Å². The van der Waals surface area contributed by atoms with Crippen LogP contribution in [0.25, 0.3) is 0 Å². The Hall–Kier alpha value is -1.88. The zero-order valence-electron chi connectivity index (χ0n) is 17.7. The van der Waals surface area contributed by atoms with Gasteiger partial charge in [0.15, 0.2) is 0 Å². The van der Waals surface area contributed by atoms with E-state index in [4.69, 9.17) is 0 Å². The summed E-state index contributed by atoms with van der Waals surface area (Å²) in [6.07, 6.45) is 0.198. The van der Waals surface area contributed by atoms with Crippen molar-refractivity contribution in [3.05, 3.63) is 11.3 Å². The molecule has 2 aliphatic rings. The summed E-state index contributed by atoms with van der Waals surface area (Å²) in [7, 11) is -3.24. The Kier molecular flexibility index (Phi) is 6.33. The number of nitrogens with one attached hydrogen (secondary N) is 2. The summed E-state index contributed by atoms with van der Waals surface area (Å²) in [5.74, 6) is -0.808. The van der Waals surface area contributed by atoms with Gasteiger partial charge < -0.3 is 10.6 Å². The van der Waals surface area contributed by atoms with Gasteiger partial charge in [-0.25, -0.2) is 26.5 Å². The molecule has 30 heavy (non-hydrogen) atoms. The molecule has 1 unspecified atom stereocenters. The molecular weight excluding hydrogens is 416 g/mol. The number of hydrogen-bond donors (Lipinski definition) is 2. The summed E-state index contributed by atoms with van der Waals surface area (Å²) < 4.78 is 52.3. The van der Waals surface area contributed by atoms with Crippen molar-refractivity contribution in [3.63, 3.8) is 0 Å². The van der Waals surface area contributed by atoms with Gasteiger partial charge in [0.1, 0.15) is 5.82 Å². The predicted molar refractivity (Wildman–Crippen MR) is 110 cm³/mol. The second-order valence-corrected chi connectivity index (χ2v) is 10.7. The van der Waals surface area contributed by atoms with Crippen molar-refractivity contribution in [3.8, 4) is 0 Å². The highest BCUT2D eigenvalue weighted by Gasteiger charge is 2.39. The molecule has 2 N–H and O–H groups in total. The molecule has 0 aliphatic carbocycles. The first-order valence-corrected chi connectivity index (χ1v) is 12.0. The fourth-order valence-electron chi connectivity index (χ4n) is 3.95. The summed E-state index contributed by atoms with van der Waals surface area (Å²) in [5.41, 5.74) is 0.0877. The summed E-state index contributed by atoms with van der Waals surface area (Å²) in [4.78, 5) is 21.2. The van der Waals surface area contributed by atoms with Crippen LogP contribution < -0.4 is 10.6 Å². The van der Waals surface area contributed by atoms with E-state index in [0.717, 1.165) is 0 Å². The largest absolute Gasteiger partial charge is 0.351 e. The Balaban J connectivity index is 1.90. The van der Waals surface area contributed by atoms with E-state index in [1.807, 2.05) is 0 Å². The molecule has 3 heterocycles. The van der Waals surface area contributed by atoms with Crippen LogP contribution in [-0.4, -0.2) is 60.4 Å². The van der Waals surface area contributed by atoms with Crippen LogP contribution in [0.1, 0.15) is 57.2 Å². The number of piperidine rings is 1. The lowest BCUT2D eigenvalue weighted by atomic mass is 9.80. The lowest BCUT2D eigenvalue weighted by Gasteiger charge is -2.33. The lowest BCUT2D eigenvalue weighted by molar-refractivity contribution is -0.124. The Bertz CT molecular complexity index is 915. The van der Waals surface area contributed by atoms with E-state index in [1.54, 1.807) is 20.8 Å². The third-order valence-corrected chi connectivity index (χ3v) is 7.16. The monoisotopic (exact) mass is 445 g/mol. The molecule has 1 aromatic heterocycles.